The van der Waals surface area contributed by atoms with Crippen LogP contribution < -0.4 is 0 Å². The second-order valence-electron chi connectivity index (χ2n) is 4.76. The molecule has 1 unspecified atom stereocenters. The van der Waals surface area contributed by atoms with Crippen LogP contribution in [0.15, 0.2) is 6.20 Å². The summed E-state index contributed by atoms with van der Waals surface area (Å²) >= 11 is 0. The minimum Gasteiger partial charge on any atom is -0.469 e. The third-order valence-corrected chi connectivity index (χ3v) is 3.12. The fraction of sp³-hybridized carbons (Fsp3) is 0.667. The summed E-state index contributed by atoms with van der Waals surface area (Å²) < 4.78 is 6.22. The van der Waals surface area contributed by atoms with E-state index in [1.54, 1.807) is 18.4 Å². The maximum Gasteiger partial charge on any atom is 0.342 e. The fourth-order valence-electron chi connectivity index (χ4n) is 1.98. The van der Waals surface area contributed by atoms with Crippen molar-refractivity contribution in [1.82, 2.24) is 14.5 Å². The molecule has 112 valence electrons. The van der Waals surface area contributed by atoms with E-state index in [2.05, 4.69) is 9.72 Å². The Morgan fingerprint density at radius 2 is 2.30 bits per heavy atom. The van der Waals surface area contributed by atoms with Gasteiger partial charge in [-0.1, -0.05) is 6.92 Å². The number of hydrogen-bond acceptors (Lipinski definition) is 6. The van der Waals surface area contributed by atoms with Crippen molar-refractivity contribution in [2.24, 2.45) is 5.92 Å². The number of aryl methyl sites for hydroxylation is 1. The summed E-state index contributed by atoms with van der Waals surface area (Å²) in [6.45, 7) is 5.08. The normalized spacial score (nSPS) is 12.4. The summed E-state index contributed by atoms with van der Waals surface area (Å²) in [6.07, 6.45) is 1.26. The highest BCUT2D eigenvalue weighted by Crippen LogP contribution is 2.13. The molecule has 0 aliphatic rings. The molecule has 1 aromatic heterocycles. The molecule has 1 aromatic rings. The number of esters is 1. The van der Waals surface area contributed by atoms with Crippen LogP contribution in [-0.4, -0.2) is 52.6 Å². The molecule has 0 N–H and O–H groups in total. The molecule has 0 bridgehead atoms. The van der Waals surface area contributed by atoms with Gasteiger partial charge < -0.3 is 19.8 Å². The largest absolute Gasteiger partial charge is 0.469 e. The first-order chi connectivity index (χ1) is 9.36. The van der Waals surface area contributed by atoms with Crippen molar-refractivity contribution in [1.29, 1.82) is 0 Å². The van der Waals surface area contributed by atoms with E-state index in [0.717, 1.165) is 0 Å². The third-order valence-electron chi connectivity index (χ3n) is 3.12. The summed E-state index contributed by atoms with van der Waals surface area (Å²) in [4.78, 5) is 27.6. The minimum atomic E-state index is -0.447. The van der Waals surface area contributed by atoms with Crippen molar-refractivity contribution < 1.29 is 14.5 Å². The Bertz CT molecular complexity index is 486. The van der Waals surface area contributed by atoms with Gasteiger partial charge >= 0.3 is 11.8 Å². The average molecular weight is 284 g/mol. The number of nitrogens with zero attached hydrogens (tertiary/aromatic N) is 4. The van der Waals surface area contributed by atoms with E-state index in [9.17, 15) is 14.9 Å². The minimum absolute atomic E-state index is 0.0167. The molecule has 0 fully saturated rings. The number of rotatable bonds is 7. The van der Waals surface area contributed by atoms with Gasteiger partial charge in [-0.2, -0.15) is 0 Å². The summed E-state index contributed by atoms with van der Waals surface area (Å²) in [5.41, 5.74) is 0. The zero-order valence-corrected chi connectivity index (χ0v) is 12.2. The highest BCUT2D eigenvalue weighted by Gasteiger charge is 2.19. The molecule has 1 atom stereocenters. The maximum atomic E-state index is 11.3. The van der Waals surface area contributed by atoms with E-state index in [-0.39, 0.29) is 17.7 Å². The number of carbonyl (C=O) groups excluding carboxylic acids is 1. The Morgan fingerprint density at radius 1 is 1.65 bits per heavy atom. The molecule has 0 saturated heterocycles. The number of imidazole rings is 1. The van der Waals surface area contributed by atoms with E-state index in [1.807, 2.05) is 11.9 Å². The van der Waals surface area contributed by atoms with Crippen molar-refractivity contribution >= 4 is 11.8 Å². The molecule has 1 heterocycles. The maximum absolute atomic E-state index is 11.3. The molecule has 8 heteroatoms. The van der Waals surface area contributed by atoms with E-state index >= 15 is 0 Å². The van der Waals surface area contributed by atoms with Crippen molar-refractivity contribution in [2.75, 3.05) is 27.2 Å². The topological polar surface area (TPSA) is 90.5 Å². The SMILES string of the molecule is COC(=O)C(C)CN(C)CCn1c([N+](=O)[O-])cnc1C. The highest BCUT2D eigenvalue weighted by molar-refractivity contribution is 5.72. The lowest BCUT2D eigenvalue weighted by molar-refractivity contribution is -0.392. The van der Waals surface area contributed by atoms with Crippen LogP contribution >= 0.6 is 0 Å². The monoisotopic (exact) mass is 284 g/mol. The lowest BCUT2D eigenvalue weighted by Crippen LogP contribution is -2.32. The molecule has 0 aliphatic heterocycles. The zero-order chi connectivity index (χ0) is 15.3. The van der Waals surface area contributed by atoms with E-state index < -0.39 is 4.92 Å². The quantitative estimate of drug-likeness (QED) is 0.418. The van der Waals surface area contributed by atoms with Crippen molar-refractivity contribution in [2.45, 2.75) is 20.4 Å². The van der Waals surface area contributed by atoms with Crippen LogP contribution in [0.2, 0.25) is 0 Å². The molecule has 0 aliphatic carbocycles. The second-order valence-corrected chi connectivity index (χ2v) is 4.76. The fourth-order valence-corrected chi connectivity index (χ4v) is 1.98. The summed E-state index contributed by atoms with van der Waals surface area (Å²) in [7, 11) is 3.22. The molecule has 8 nitrogen and oxygen atoms in total. The smallest absolute Gasteiger partial charge is 0.342 e. The van der Waals surface area contributed by atoms with Gasteiger partial charge in [0.1, 0.15) is 12.7 Å². The first-order valence-corrected chi connectivity index (χ1v) is 6.29. The Labute approximate surface area is 117 Å². The van der Waals surface area contributed by atoms with Gasteiger partial charge in [0.25, 0.3) is 0 Å². The van der Waals surface area contributed by atoms with E-state index in [1.165, 1.54) is 13.3 Å². The van der Waals surface area contributed by atoms with Gasteiger partial charge in [-0.25, -0.2) is 9.55 Å². The van der Waals surface area contributed by atoms with Gasteiger partial charge in [-0.3, -0.25) is 4.79 Å². The Morgan fingerprint density at radius 3 is 2.85 bits per heavy atom. The summed E-state index contributed by atoms with van der Waals surface area (Å²) in [6, 6.07) is 0. The van der Waals surface area contributed by atoms with Crippen LogP contribution in [0, 0.1) is 23.0 Å². The highest BCUT2D eigenvalue weighted by atomic mass is 16.6. The van der Waals surface area contributed by atoms with Gasteiger partial charge in [0.2, 0.25) is 0 Å². The van der Waals surface area contributed by atoms with Crippen molar-refractivity contribution in [3.63, 3.8) is 0 Å². The van der Waals surface area contributed by atoms with Gasteiger partial charge in [-0.05, 0) is 12.0 Å². The first kappa shape index (κ1) is 16.1. The number of carbonyl (C=O) groups is 1. The lowest BCUT2D eigenvalue weighted by atomic mass is 10.2. The molecule has 0 spiro atoms. The lowest BCUT2D eigenvalue weighted by Gasteiger charge is -2.19. The van der Waals surface area contributed by atoms with E-state index in [0.29, 0.717) is 25.5 Å². The number of ether oxygens (including phenoxy) is 1. The molecule has 0 saturated carbocycles. The van der Waals surface area contributed by atoms with Crippen LogP contribution in [0.3, 0.4) is 0 Å². The average Bonchev–Trinajstić information content (AvgIpc) is 2.76. The van der Waals surface area contributed by atoms with Gasteiger partial charge in [0.05, 0.1) is 13.0 Å². The molecule has 1 rings (SSSR count). The third kappa shape index (κ3) is 4.02. The van der Waals surface area contributed by atoms with Crippen LogP contribution in [-0.2, 0) is 16.1 Å². The molecular weight excluding hydrogens is 264 g/mol. The van der Waals surface area contributed by atoms with Gasteiger partial charge in [0.15, 0.2) is 5.82 Å². The Balaban J connectivity index is 2.57. The summed E-state index contributed by atoms with van der Waals surface area (Å²) in [5.74, 6) is 0.0912. The van der Waals surface area contributed by atoms with Gasteiger partial charge in [0, 0.05) is 20.0 Å². The number of nitro groups is 1. The van der Waals surface area contributed by atoms with Crippen LogP contribution in [0.4, 0.5) is 5.82 Å². The molecule has 0 aromatic carbocycles. The van der Waals surface area contributed by atoms with Crippen LogP contribution in [0.1, 0.15) is 12.7 Å². The predicted octanol–water partition coefficient (Wildman–Crippen LogP) is 0.841. The second kappa shape index (κ2) is 6.99. The molecule has 0 amide bonds. The number of hydrogen-bond donors (Lipinski definition) is 0. The van der Waals surface area contributed by atoms with Crippen molar-refractivity contribution in [3.8, 4) is 0 Å². The van der Waals surface area contributed by atoms with Crippen LogP contribution in [0.5, 0.6) is 0 Å². The zero-order valence-electron chi connectivity index (χ0n) is 12.2. The molecular formula is C12H20N4O4. The van der Waals surface area contributed by atoms with Crippen LogP contribution in [0.25, 0.3) is 0 Å². The molecule has 0 radical (unpaired) electrons. The number of methoxy groups -OCH3 is 1. The number of aromatic nitrogens is 2. The van der Waals surface area contributed by atoms with Crippen molar-refractivity contribution in [3.05, 3.63) is 22.1 Å². The number of likely N-dealkylation sites (N-methyl/N-ethyl adjacent to an activating group) is 1. The predicted molar refractivity (Wildman–Crippen MR) is 72.3 cm³/mol. The standard InChI is InChI=1S/C12H20N4O4/c1-9(12(17)20-4)8-14(3)5-6-15-10(2)13-7-11(15)16(18)19/h7,9H,5-6,8H2,1-4H3. The van der Waals surface area contributed by atoms with E-state index in [4.69, 9.17) is 0 Å². The molecule has 20 heavy (non-hydrogen) atoms. The van der Waals surface area contributed by atoms with Gasteiger partial charge in [-0.15, -0.1) is 0 Å². The summed E-state index contributed by atoms with van der Waals surface area (Å²) in [5, 5.41) is 10.9. The first-order valence-electron chi connectivity index (χ1n) is 6.29. The Kier molecular flexibility index (Phi) is 5.63. The Hall–Kier alpha value is -1.96.